The molecule has 6 nitrogen and oxygen atoms in total. The lowest BCUT2D eigenvalue weighted by molar-refractivity contribution is 0.747. The zero-order chi connectivity index (χ0) is 13.7. The molecule has 0 unspecified atom stereocenters. The summed E-state index contributed by atoms with van der Waals surface area (Å²) in [7, 11) is 0. The highest BCUT2D eigenvalue weighted by atomic mass is 79.9. The van der Waals surface area contributed by atoms with E-state index in [4.69, 9.17) is 11.6 Å². The maximum absolute atomic E-state index is 6.15. The quantitative estimate of drug-likeness (QED) is 0.638. The Hall–Kier alpha value is -1.47. The molecule has 0 saturated carbocycles. The fraction of sp³-hybridized carbons (Fsp3) is 0.273. The van der Waals surface area contributed by atoms with Gasteiger partial charge >= 0.3 is 0 Å². The van der Waals surface area contributed by atoms with Crippen molar-refractivity contribution in [2.45, 2.75) is 20.8 Å². The van der Waals surface area contributed by atoms with Crippen LogP contribution in [0.2, 0.25) is 5.15 Å². The number of aromatic nitrogens is 6. The fourth-order valence-electron chi connectivity index (χ4n) is 1.96. The van der Waals surface area contributed by atoms with Crippen molar-refractivity contribution >= 4 is 33.3 Å². The third-order valence-corrected chi connectivity index (χ3v) is 4.49. The minimum atomic E-state index is 0.402. The van der Waals surface area contributed by atoms with E-state index < -0.39 is 0 Å². The Morgan fingerprint density at radius 2 is 2.00 bits per heavy atom. The maximum Gasteiger partial charge on any atom is 0.255 e. The number of fused-ring (bicyclic) bond motifs is 1. The zero-order valence-corrected chi connectivity index (χ0v) is 12.9. The van der Waals surface area contributed by atoms with E-state index in [9.17, 15) is 0 Å². The lowest BCUT2D eigenvalue weighted by atomic mass is 10.3. The average molecular weight is 342 g/mol. The number of hydrogen-bond donors (Lipinski definition) is 0. The molecular formula is C11H10BrClN6. The zero-order valence-electron chi connectivity index (χ0n) is 10.5. The molecule has 0 fully saturated rings. The van der Waals surface area contributed by atoms with Crippen LogP contribution in [0.4, 0.5) is 0 Å². The maximum atomic E-state index is 6.15. The second-order valence-corrected chi connectivity index (χ2v) is 5.37. The molecular weight excluding hydrogens is 332 g/mol. The van der Waals surface area contributed by atoms with Gasteiger partial charge in [0, 0.05) is 5.56 Å². The van der Waals surface area contributed by atoms with Gasteiger partial charge in [0.05, 0.1) is 15.9 Å². The van der Waals surface area contributed by atoms with Crippen LogP contribution in [0.3, 0.4) is 0 Å². The van der Waals surface area contributed by atoms with Crippen molar-refractivity contribution in [3.8, 4) is 5.82 Å². The predicted molar refractivity (Wildman–Crippen MR) is 74.8 cm³/mol. The normalized spacial score (nSPS) is 11.4. The Kier molecular flexibility index (Phi) is 2.83. The van der Waals surface area contributed by atoms with Crippen LogP contribution in [0.1, 0.15) is 17.0 Å². The monoisotopic (exact) mass is 340 g/mol. The van der Waals surface area contributed by atoms with E-state index >= 15 is 0 Å². The highest BCUT2D eigenvalue weighted by Gasteiger charge is 2.18. The molecule has 0 spiro atoms. The number of nitrogens with zero attached hydrogens (tertiary/aromatic N) is 6. The molecule has 0 radical (unpaired) electrons. The van der Waals surface area contributed by atoms with Gasteiger partial charge in [-0.3, -0.25) is 0 Å². The summed E-state index contributed by atoms with van der Waals surface area (Å²) in [5.74, 6) is 1.20. The molecule has 0 aliphatic rings. The van der Waals surface area contributed by atoms with Crippen LogP contribution in [0.15, 0.2) is 10.8 Å². The van der Waals surface area contributed by atoms with Gasteiger partial charge in [-0.2, -0.15) is 24.7 Å². The Labute approximate surface area is 122 Å². The summed E-state index contributed by atoms with van der Waals surface area (Å²) < 4.78 is 4.39. The first-order chi connectivity index (χ1) is 9.00. The van der Waals surface area contributed by atoms with Crippen LogP contribution in [-0.2, 0) is 0 Å². The molecule has 0 bridgehead atoms. The van der Waals surface area contributed by atoms with Gasteiger partial charge in [-0.05, 0) is 36.7 Å². The Morgan fingerprint density at radius 3 is 2.63 bits per heavy atom. The Bertz CT molecular complexity index is 790. The summed E-state index contributed by atoms with van der Waals surface area (Å²) in [4.78, 5) is 8.25. The van der Waals surface area contributed by atoms with Gasteiger partial charge < -0.3 is 0 Å². The second-order valence-electron chi connectivity index (χ2n) is 4.22. The van der Waals surface area contributed by atoms with Crippen LogP contribution in [-0.4, -0.2) is 29.4 Å². The summed E-state index contributed by atoms with van der Waals surface area (Å²) in [5, 5.41) is 9.09. The molecule has 0 amide bonds. The van der Waals surface area contributed by atoms with E-state index in [0.29, 0.717) is 10.9 Å². The summed E-state index contributed by atoms with van der Waals surface area (Å²) in [6.07, 6.45) is 1.45. The van der Waals surface area contributed by atoms with Crippen molar-refractivity contribution < 1.29 is 0 Å². The van der Waals surface area contributed by atoms with E-state index in [2.05, 4.69) is 36.1 Å². The Balaban J connectivity index is 2.44. The van der Waals surface area contributed by atoms with Gasteiger partial charge in [0.25, 0.3) is 5.78 Å². The first-order valence-electron chi connectivity index (χ1n) is 5.58. The van der Waals surface area contributed by atoms with E-state index in [1.807, 2.05) is 20.8 Å². The van der Waals surface area contributed by atoms with E-state index in [1.54, 1.807) is 9.20 Å². The molecule has 3 aromatic rings. The first-order valence-corrected chi connectivity index (χ1v) is 6.75. The van der Waals surface area contributed by atoms with Crippen LogP contribution in [0.25, 0.3) is 11.6 Å². The minimum Gasteiger partial charge on any atom is -0.218 e. The van der Waals surface area contributed by atoms with Crippen LogP contribution >= 0.6 is 27.5 Å². The SMILES string of the molecule is Cc1nn(-c2c(C)c(Cl)nc3ncnn23)c(C)c1Br. The molecule has 0 saturated heterocycles. The van der Waals surface area contributed by atoms with Crippen LogP contribution in [0.5, 0.6) is 0 Å². The lowest BCUT2D eigenvalue weighted by Gasteiger charge is -2.10. The lowest BCUT2D eigenvalue weighted by Crippen LogP contribution is -2.11. The molecule has 0 N–H and O–H groups in total. The first kappa shape index (κ1) is 12.6. The molecule has 3 rings (SSSR count). The molecule has 19 heavy (non-hydrogen) atoms. The Morgan fingerprint density at radius 1 is 1.26 bits per heavy atom. The van der Waals surface area contributed by atoms with Crippen LogP contribution in [0, 0.1) is 20.8 Å². The topological polar surface area (TPSA) is 60.9 Å². The predicted octanol–water partition coefficient (Wildman–Crippen LogP) is 2.65. The van der Waals surface area contributed by atoms with Crippen molar-refractivity contribution in [2.24, 2.45) is 0 Å². The molecule has 0 aromatic carbocycles. The van der Waals surface area contributed by atoms with E-state index in [-0.39, 0.29) is 0 Å². The van der Waals surface area contributed by atoms with Gasteiger partial charge in [-0.25, -0.2) is 4.68 Å². The van der Waals surface area contributed by atoms with Gasteiger partial charge in [0.2, 0.25) is 0 Å². The number of hydrogen-bond acceptors (Lipinski definition) is 4. The number of rotatable bonds is 1. The standard InChI is InChI=1S/C11H10BrClN6/c1-5-9(13)16-11-14-4-15-19(11)10(5)18-7(3)8(12)6(2)17-18/h4H,1-3H3. The van der Waals surface area contributed by atoms with Crippen molar-refractivity contribution in [1.29, 1.82) is 0 Å². The van der Waals surface area contributed by atoms with Crippen molar-refractivity contribution in [1.82, 2.24) is 29.4 Å². The van der Waals surface area contributed by atoms with E-state index in [0.717, 1.165) is 27.2 Å². The van der Waals surface area contributed by atoms with Crippen molar-refractivity contribution in [3.05, 3.63) is 32.9 Å². The van der Waals surface area contributed by atoms with Gasteiger partial charge in [0.15, 0.2) is 5.82 Å². The minimum absolute atomic E-state index is 0.402. The molecule has 8 heteroatoms. The molecule has 0 aliphatic carbocycles. The average Bonchev–Trinajstić information content (AvgIpc) is 2.92. The molecule has 3 aromatic heterocycles. The number of aryl methyl sites for hydroxylation is 1. The van der Waals surface area contributed by atoms with Gasteiger partial charge in [0.1, 0.15) is 11.5 Å². The summed E-state index contributed by atoms with van der Waals surface area (Å²) in [5.41, 5.74) is 2.68. The summed E-state index contributed by atoms with van der Waals surface area (Å²) in [6, 6.07) is 0. The van der Waals surface area contributed by atoms with Crippen molar-refractivity contribution in [3.63, 3.8) is 0 Å². The third-order valence-electron chi connectivity index (χ3n) is 2.98. The molecule has 0 atom stereocenters. The molecule has 0 aliphatic heterocycles. The molecule has 3 heterocycles. The summed E-state index contributed by atoms with van der Waals surface area (Å²) >= 11 is 9.67. The van der Waals surface area contributed by atoms with Gasteiger partial charge in [-0.15, -0.1) is 0 Å². The van der Waals surface area contributed by atoms with Gasteiger partial charge in [-0.1, -0.05) is 11.6 Å². The summed E-state index contributed by atoms with van der Waals surface area (Å²) in [6.45, 7) is 5.79. The largest absolute Gasteiger partial charge is 0.255 e. The third kappa shape index (κ3) is 1.76. The molecule has 98 valence electrons. The van der Waals surface area contributed by atoms with Crippen LogP contribution < -0.4 is 0 Å². The highest BCUT2D eigenvalue weighted by Crippen LogP contribution is 2.26. The smallest absolute Gasteiger partial charge is 0.218 e. The number of halogens is 2. The second kappa shape index (κ2) is 4.28. The van der Waals surface area contributed by atoms with Crippen molar-refractivity contribution in [2.75, 3.05) is 0 Å². The van der Waals surface area contributed by atoms with E-state index in [1.165, 1.54) is 6.33 Å². The fourth-order valence-corrected chi connectivity index (χ4v) is 2.37. The highest BCUT2D eigenvalue weighted by molar-refractivity contribution is 9.10.